The zero-order chi connectivity index (χ0) is 10.6. The first kappa shape index (κ1) is 12.4. The highest BCUT2D eigenvalue weighted by atomic mass is 16.1. The molecular formula is C11H22NO+. The van der Waals surface area contributed by atoms with Crippen LogP contribution in [0.3, 0.4) is 0 Å². The summed E-state index contributed by atoms with van der Waals surface area (Å²) in [5, 5.41) is 0. The van der Waals surface area contributed by atoms with Crippen LogP contribution in [0.4, 0.5) is 0 Å². The topological polar surface area (TPSA) is 17.1 Å². The van der Waals surface area contributed by atoms with Crippen LogP contribution in [0.2, 0.25) is 0 Å². The second kappa shape index (κ2) is 4.56. The number of hydrogen-bond acceptors (Lipinski definition) is 1. The molecule has 0 aliphatic heterocycles. The summed E-state index contributed by atoms with van der Waals surface area (Å²) in [6.45, 7) is 13.7. The Morgan fingerprint density at radius 1 is 1.38 bits per heavy atom. The molecule has 0 bridgehead atoms. The minimum Gasteiger partial charge on any atom is -0.318 e. The quantitative estimate of drug-likeness (QED) is 0.472. The summed E-state index contributed by atoms with van der Waals surface area (Å²) in [6.07, 6.45) is 0. The molecule has 0 fully saturated rings. The molecule has 0 spiro atoms. The lowest BCUT2D eigenvalue weighted by atomic mass is 10.1. The third-order valence-corrected chi connectivity index (χ3v) is 3.18. The SMILES string of the molecule is C=C(C)C(=O)C(C)[N+](C)(CC)CC. The van der Waals surface area contributed by atoms with Crippen LogP contribution in [0.25, 0.3) is 0 Å². The van der Waals surface area contributed by atoms with E-state index in [1.807, 2.05) is 6.92 Å². The van der Waals surface area contributed by atoms with Crippen molar-refractivity contribution < 1.29 is 9.28 Å². The van der Waals surface area contributed by atoms with Gasteiger partial charge in [0, 0.05) is 0 Å². The number of quaternary nitrogens is 1. The molecular weight excluding hydrogens is 162 g/mol. The Morgan fingerprint density at radius 3 is 2.00 bits per heavy atom. The Kier molecular flexibility index (Phi) is 4.34. The zero-order valence-corrected chi connectivity index (χ0v) is 9.55. The largest absolute Gasteiger partial charge is 0.318 e. The van der Waals surface area contributed by atoms with E-state index in [1.54, 1.807) is 6.92 Å². The second-order valence-corrected chi connectivity index (χ2v) is 3.93. The monoisotopic (exact) mass is 184 g/mol. The van der Waals surface area contributed by atoms with E-state index in [-0.39, 0.29) is 11.8 Å². The highest BCUT2D eigenvalue weighted by Crippen LogP contribution is 2.13. The number of ketones is 1. The molecule has 1 unspecified atom stereocenters. The number of rotatable bonds is 5. The molecule has 0 aliphatic rings. The summed E-state index contributed by atoms with van der Waals surface area (Å²) in [7, 11) is 2.12. The fraction of sp³-hybridized carbons (Fsp3) is 0.727. The van der Waals surface area contributed by atoms with Gasteiger partial charge >= 0.3 is 0 Å². The van der Waals surface area contributed by atoms with E-state index in [2.05, 4.69) is 27.5 Å². The number of carbonyl (C=O) groups excluding carboxylic acids is 1. The van der Waals surface area contributed by atoms with Gasteiger partial charge in [0.1, 0.15) is 6.04 Å². The summed E-state index contributed by atoms with van der Waals surface area (Å²) < 4.78 is 0.797. The maximum Gasteiger partial charge on any atom is 0.214 e. The van der Waals surface area contributed by atoms with Crippen molar-refractivity contribution in [3.05, 3.63) is 12.2 Å². The van der Waals surface area contributed by atoms with E-state index in [0.717, 1.165) is 17.6 Å². The molecule has 0 radical (unpaired) electrons. The van der Waals surface area contributed by atoms with Crippen molar-refractivity contribution in [1.82, 2.24) is 0 Å². The summed E-state index contributed by atoms with van der Waals surface area (Å²) in [4.78, 5) is 11.7. The van der Waals surface area contributed by atoms with E-state index in [1.165, 1.54) is 0 Å². The molecule has 2 heteroatoms. The van der Waals surface area contributed by atoms with Crippen LogP contribution >= 0.6 is 0 Å². The van der Waals surface area contributed by atoms with Crippen LogP contribution in [0.5, 0.6) is 0 Å². The first-order chi connectivity index (χ1) is 5.89. The van der Waals surface area contributed by atoms with Gasteiger partial charge in [0.2, 0.25) is 5.78 Å². The van der Waals surface area contributed by atoms with Gasteiger partial charge in [-0.25, -0.2) is 0 Å². The lowest BCUT2D eigenvalue weighted by Gasteiger charge is -2.37. The molecule has 0 aliphatic carbocycles. The molecule has 0 N–H and O–H groups in total. The van der Waals surface area contributed by atoms with E-state index < -0.39 is 0 Å². The second-order valence-electron chi connectivity index (χ2n) is 3.93. The Hall–Kier alpha value is -0.630. The van der Waals surface area contributed by atoms with Gasteiger partial charge in [-0.1, -0.05) is 6.58 Å². The minimum absolute atomic E-state index is 0.0347. The third kappa shape index (κ3) is 2.66. The van der Waals surface area contributed by atoms with Gasteiger partial charge in [-0.05, 0) is 33.3 Å². The smallest absolute Gasteiger partial charge is 0.214 e. The van der Waals surface area contributed by atoms with Crippen molar-refractivity contribution >= 4 is 5.78 Å². The van der Waals surface area contributed by atoms with Gasteiger partial charge in [-0.2, -0.15) is 0 Å². The molecule has 0 aromatic carbocycles. The number of Topliss-reactive ketones (excluding diaryl/α,β-unsaturated/α-hetero) is 1. The van der Waals surface area contributed by atoms with Crippen molar-refractivity contribution in [1.29, 1.82) is 0 Å². The Bertz CT molecular complexity index is 204. The predicted molar refractivity (Wildman–Crippen MR) is 56.5 cm³/mol. The number of hydrogen-bond donors (Lipinski definition) is 0. The standard InChI is InChI=1S/C11H22NO/c1-7-12(6,8-2)10(5)11(13)9(3)4/h10H,3,7-8H2,1-2,4-6H3/q+1. The van der Waals surface area contributed by atoms with Gasteiger partial charge in [0.15, 0.2) is 0 Å². The fourth-order valence-corrected chi connectivity index (χ4v) is 1.41. The molecule has 0 heterocycles. The lowest BCUT2D eigenvalue weighted by molar-refractivity contribution is -0.919. The molecule has 0 amide bonds. The van der Waals surface area contributed by atoms with E-state index in [0.29, 0.717) is 5.57 Å². The molecule has 0 aromatic heterocycles. The summed E-state index contributed by atoms with van der Waals surface area (Å²) in [5.41, 5.74) is 0.666. The highest BCUT2D eigenvalue weighted by molar-refractivity contribution is 5.97. The molecule has 1 atom stereocenters. The van der Waals surface area contributed by atoms with Gasteiger partial charge in [0.25, 0.3) is 0 Å². The third-order valence-electron chi connectivity index (χ3n) is 3.18. The molecule has 0 rings (SSSR count). The number of likely N-dealkylation sites (N-methyl/N-ethyl adjacent to an activating group) is 1. The molecule has 13 heavy (non-hydrogen) atoms. The Labute approximate surface area is 81.8 Å². The Morgan fingerprint density at radius 2 is 1.77 bits per heavy atom. The van der Waals surface area contributed by atoms with Crippen LogP contribution < -0.4 is 0 Å². The average molecular weight is 184 g/mol. The van der Waals surface area contributed by atoms with Crippen LogP contribution in [-0.2, 0) is 4.79 Å². The maximum absolute atomic E-state index is 11.7. The molecule has 2 nitrogen and oxygen atoms in total. The summed E-state index contributed by atoms with van der Waals surface area (Å²) in [5.74, 6) is 0.186. The van der Waals surface area contributed by atoms with Crippen LogP contribution in [0, 0.1) is 0 Å². The Balaban J connectivity index is 4.65. The van der Waals surface area contributed by atoms with E-state index in [9.17, 15) is 4.79 Å². The number of carbonyl (C=O) groups is 1. The molecule has 76 valence electrons. The maximum atomic E-state index is 11.7. The summed E-state index contributed by atoms with van der Waals surface area (Å²) >= 11 is 0. The molecule has 0 saturated carbocycles. The van der Waals surface area contributed by atoms with Gasteiger partial charge < -0.3 is 4.48 Å². The lowest BCUT2D eigenvalue weighted by Crippen LogP contribution is -2.54. The van der Waals surface area contributed by atoms with Crippen LogP contribution in [-0.4, -0.2) is 36.4 Å². The van der Waals surface area contributed by atoms with Crippen molar-refractivity contribution in [3.63, 3.8) is 0 Å². The highest BCUT2D eigenvalue weighted by Gasteiger charge is 2.31. The van der Waals surface area contributed by atoms with Gasteiger partial charge in [0.05, 0.1) is 20.1 Å². The first-order valence-electron chi connectivity index (χ1n) is 4.93. The normalized spacial score (nSPS) is 13.9. The van der Waals surface area contributed by atoms with Gasteiger partial charge in [-0.15, -0.1) is 0 Å². The zero-order valence-electron chi connectivity index (χ0n) is 9.55. The summed E-state index contributed by atoms with van der Waals surface area (Å²) in [6, 6.07) is 0.0347. The van der Waals surface area contributed by atoms with Crippen LogP contribution in [0.15, 0.2) is 12.2 Å². The molecule has 0 aromatic rings. The predicted octanol–water partition coefficient (Wildman–Crippen LogP) is 2.01. The van der Waals surface area contributed by atoms with Crippen molar-refractivity contribution in [2.75, 3.05) is 20.1 Å². The molecule has 0 saturated heterocycles. The van der Waals surface area contributed by atoms with Crippen molar-refractivity contribution in [3.8, 4) is 0 Å². The van der Waals surface area contributed by atoms with Crippen molar-refractivity contribution in [2.24, 2.45) is 0 Å². The minimum atomic E-state index is 0.0347. The average Bonchev–Trinajstić information content (AvgIpc) is 2.14. The van der Waals surface area contributed by atoms with Gasteiger partial charge in [-0.3, -0.25) is 4.79 Å². The van der Waals surface area contributed by atoms with E-state index in [4.69, 9.17) is 0 Å². The number of nitrogens with zero attached hydrogens (tertiary/aromatic N) is 1. The first-order valence-corrected chi connectivity index (χ1v) is 4.93. The fourth-order valence-electron chi connectivity index (χ4n) is 1.41. The van der Waals surface area contributed by atoms with E-state index >= 15 is 0 Å². The van der Waals surface area contributed by atoms with Crippen molar-refractivity contribution in [2.45, 2.75) is 33.7 Å². The van der Waals surface area contributed by atoms with Crippen LogP contribution in [0.1, 0.15) is 27.7 Å².